The molecule has 132 valence electrons. The maximum Gasteiger partial charge on any atom is 0.411 e. The minimum absolute atomic E-state index is 0.122. The van der Waals surface area contributed by atoms with E-state index in [1.165, 1.54) is 0 Å². The second kappa shape index (κ2) is 6.95. The summed E-state index contributed by atoms with van der Waals surface area (Å²) in [6.45, 7) is 8.69. The van der Waals surface area contributed by atoms with Crippen molar-refractivity contribution in [3.63, 3.8) is 0 Å². The maximum atomic E-state index is 12.1. The molecule has 2 heterocycles. The van der Waals surface area contributed by atoms with Crippen molar-refractivity contribution in [3.8, 4) is 0 Å². The summed E-state index contributed by atoms with van der Waals surface area (Å²) < 4.78 is 10.5. The van der Waals surface area contributed by atoms with Crippen LogP contribution < -0.4 is 5.32 Å². The number of piperidine rings is 1. The van der Waals surface area contributed by atoms with E-state index in [0.717, 1.165) is 32.4 Å². The molecule has 0 unspecified atom stereocenters. The molecule has 0 atom stereocenters. The number of carbonyl (C=O) groups excluding carboxylic acids is 2. The zero-order chi connectivity index (χ0) is 17.1. The molecule has 0 radical (unpaired) electrons. The molecular weight excluding hydrogens is 298 g/mol. The van der Waals surface area contributed by atoms with Gasteiger partial charge in [0.05, 0.1) is 0 Å². The van der Waals surface area contributed by atoms with Crippen molar-refractivity contribution in [1.82, 2.24) is 15.1 Å². The highest BCUT2D eigenvalue weighted by Gasteiger charge is 2.43. The number of likely N-dealkylation sites (tertiary alicyclic amines) is 2. The van der Waals surface area contributed by atoms with E-state index in [4.69, 9.17) is 9.47 Å². The highest BCUT2D eigenvalue weighted by molar-refractivity contribution is 5.69. The molecule has 1 spiro atoms. The molecule has 2 saturated heterocycles. The Hall–Kier alpha value is -1.50. The smallest absolute Gasteiger partial charge is 0.411 e. The predicted octanol–water partition coefficient (Wildman–Crippen LogP) is 2.02. The molecule has 0 bridgehead atoms. The van der Waals surface area contributed by atoms with Gasteiger partial charge in [-0.15, -0.1) is 0 Å². The van der Waals surface area contributed by atoms with Gasteiger partial charge >= 0.3 is 12.2 Å². The van der Waals surface area contributed by atoms with Crippen LogP contribution in [0.1, 0.15) is 40.0 Å². The number of hydrogen-bond donors (Lipinski definition) is 1. The molecule has 2 amide bonds. The fourth-order valence-electron chi connectivity index (χ4n) is 3.21. The van der Waals surface area contributed by atoms with Crippen LogP contribution in [0.3, 0.4) is 0 Å². The first-order valence-corrected chi connectivity index (χ1v) is 8.29. The lowest BCUT2D eigenvalue weighted by molar-refractivity contribution is 0.0106. The fraction of sp³-hybridized carbons (Fsp3) is 0.875. The summed E-state index contributed by atoms with van der Waals surface area (Å²) in [5.41, 5.74) is -0.343. The monoisotopic (exact) mass is 327 g/mol. The van der Waals surface area contributed by atoms with Crippen molar-refractivity contribution < 1.29 is 19.1 Å². The van der Waals surface area contributed by atoms with Crippen LogP contribution in [0.15, 0.2) is 0 Å². The fourth-order valence-corrected chi connectivity index (χ4v) is 3.21. The molecule has 2 aliphatic heterocycles. The van der Waals surface area contributed by atoms with E-state index in [9.17, 15) is 9.59 Å². The Morgan fingerprint density at radius 1 is 1.04 bits per heavy atom. The molecule has 23 heavy (non-hydrogen) atoms. The Morgan fingerprint density at radius 2 is 1.61 bits per heavy atom. The van der Waals surface area contributed by atoms with Gasteiger partial charge in [-0.2, -0.15) is 0 Å². The van der Waals surface area contributed by atoms with E-state index in [1.807, 2.05) is 20.8 Å². The lowest BCUT2D eigenvalue weighted by Crippen LogP contribution is -2.46. The summed E-state index contributed by atoms with van der Waals surface area (Å²) in [5, 5.41) is 2.80. The number of ether oxygens (including phenoxy) is 2. The normalized spacial score (nSPS) is 20.7. The Bertz CT molecular complexity index is 439. The van der Waals surface area contributed by atoms with E-state index >= 15 is 0 Å². The van der Waals surface area contributed by atoms with Gasteiger partial charge in [-0.25, -0.2) is 9.59 Å². The van der Waals surface area contributed by atoms with Crippen LogP contribution in [0.2, 0.25) is 0 Å². The van der Waals surface area contributed by atoms with Crippen molar-refractivity contribution >= 4 is 12.2 Å². The van der Waals surface area contributed by atoms with Crippen molar-refractivity contribution in [2.45, 2.75) is 45.6 Å². The zero-order valence-electron chi connectivity index (χ0n) is 14.7. The van der Waals surface area contributed by atoms with Crippen LogP contribution in [0.4, 0.5) is 9.59 Å². The molecule has 7 heteroatoms. The van der Waals surface area contributed by atoms with Crippen LogP contribution in [-0.4, -0.2) is 67.5 Å². The first-order valence-electron chi connectivity index (χ1n) is 8.29. The number of hydrogen-bond acceptors (Lipinski definition) is 5. The number of rotatable bonds is 2. The van der Waals surface area contributed by atoms with Gasteiger partial charge < -0.3 is 19.3 Å². The van der Waals surface area contributed by atoms with Gasteiger partial charge in [0.25, 0.3) is 0 Å². The minimum atomic E-state index is -0.465. The summed E-state index contributed by atoms with van der Waals surface area (Å²) in [4.78, 5) is 27.6. The Labute approximate surface area is 138 Å². The molecule has 1 N–H and O–H groups in total. The molecule has 7 nitrogen and oxygen atoms in total. The lowest BCUT2D eigenvalue weighted by Gasteiger charge is -2.39. The Morgan fingerprint density at radius 3 is 2.13 bits per heavy atom. The predicted molar refractivity (Wildman–Crippen MR) is 86.1 cm³/mol. The zero-order valence-corrected chi connectivity index (χ0v) is 14.7. The van der Waals surface area contributed by atoms with Crippen molar-refractivity contribution in [2.24, 2.45) is 5.41 Å². The second-order valence-corrected chi connectivity index (χ2v) is 7.55. The van der Waals surface area contributed by atoms with Crippen LogP contribution in [0.5, 0.6) is 0 Å². The average Bonchev–Trinajstić information content (AvgIpc) is 2.87. The summed E-state index contributed by atoms with van der Waals surface area (Å²) >= 11 is 0. The molecule has 2 rings (SSSR count). The summed E-state index contributed by atoms with van der Waals surface area (Å²) in [6.07, 6.45) is 2.29. The molecule has 0 aromatic rings. The van der Waals surface area contributed by atoms with E-state index in [1.54, 1.807) is 16.8 Å². The van der Waals surface area contributed by atoms with Crippen molar-refractivity contribution in [3.05, 3.63) is 0 Å². The molecule has 2 fully saturated rings. The van der Waals surface area contributed by atoms with E-state index in [-0.39, 0.29) is 24.3 Å². The standard InChI is InChI=1S/C16H29N3O4/c1-15(2,3)23-14(21)18-8-5-16(6-9-18)7-10-19(11-16)13(20)22-12-17-4/h17H,5-12H2,1-4H3. The molecule has 0 aromatic carbocycles. The van der Waals surface area contributed by atoms with Crippen LogP contribution in [0, 0.1) is 5.41 Å². The van der Waals surface area contributed by atoms with Gasteiger partial charge in [-0.1, -0.05) is 0 Å². The van der Waals surface area contributed by atoms with Gasteiger partial charge in [0.15, 0.2) is 0 Å². The summed E-state index contributed by atoms with van der Waals surface area (Å²) in [5.74, 6) is 0. The number of amides is 2. The van der Waals surface area contributed by atoms with Gasteiger partial charge in [0.2, 0.25) is 0 Å². The number of nitrogens with zero attached hydrogens (tertiary/aromatic N) is 2. The topological polar surface area (TPSA) is 71.1 Å². The second-order valence-electron chi connectivity index (χ2n) is 7.55. The molecule has 0 aromatic heterocycles. The van der Waals surface area contributed by atoms with Crippen LogP contribution in [-0.2, 0) is 9.47 Å². The highest BCUT2D eigenvalue weighted by Crippen LogP contribution is 2.40. The third kappa shape index (κ3) is 4.73. The summed E-state index contributed by atoms with van der Waals surface area (Å²) in [7, 11) is 1.74. The van der Waals surface area contributed by atoms with E-state index in [2.05, 4.69) is 5.32 Å². The minimum Gasteiger partial charge on any atom is -0.444 e. The third-order valence-electron chi connectivity index (χ3n) is 4.51. The summed E-state index contributed by atoms with van der Waals surface area (Å²) in [6, 6.07) is 0. The quantitative estimate of drug-likeness (QED) is 0.786. The molecule has 2 aliphatic rings. The lowest BCUT2D eigenvalue weighted by atomic mass is 9.78. The largest absolute Gasteiger partial charge is 0.444 e. The third-order valence-corrected chi connectivity index (χ3v) is 4.51. The highest BCUT2D eigenvalue weighted by atomic mass is 16.6. The number of nitrogens with one attached hydrogen (secondary N) is 1. The van der Waals surface area contributed by atoms with Gasteiger partial charge in [0, 0.05) is 26.2 Å². The molecular formula is C16H29N3O4. The van der Waals surface area contributed by atoms with Crippen molar-refractivity contribution in [2.75, 3.05) is 40.0 Å². The SMILES string of the molecule is CNCOC(=O)N1CCC2(CCN(C(=O)OC(C)(C)C)CC2)C1. The van der Waals surface area contributed by atoms with Crippen LogP contribution >= 0.6 is 0 Å². The Balaban J connectivity index is 1.82. The average molecular weight is 327 g/mol. The van der Waals surface area contributed by atoms with Gasteiger partial charge in [-0.05, 0) is 52.5 Å². The first-order chi connectivity index (χ1) is 10.7. The number of carbonyl (C=O) groups is 2. The van der Waals surface area contributed by atoms with Crippen molar-refractivity contribution in [1.29, 1.82) is 0 Å². The van der Waals surface area contributed by atoms with E-state index < -0.39 is 5.60 Å². The van der Waals surface area contributed by atoms with Crippen LogP contribution in [0.25, 0.3) is 0 Å². The molecule has 0 aliphatic carbocycles. The first kappa shape index (κ1) is 17.8. The van der Waals surface area contributed by atoms with Gasteiger partial charge in [-0.3, -0.25) is 5.32 Å². The van der Waals surface area contributed by atoms with E-state index in [0.29, 0.717) is 13.1 Å². The van der Waals surface area contributed by atoms with Gasteiger partial charge in [0.1, 0.15) is 12.3 Å². The Kier molecular flexibility index (Phi) is 5.39. The molecule has 0 saturated carbocycles. The maximum absolute atomic E-state index is 12.1.